The van der Waals surface area contributed by atoms with Crippen molar-refractivity contribution in [3.63, 3.8) is 0 Å². The first kappa shape index (κ1) is 34.0. The topological polar surface area (TPSA) is 153 Å². The maximum absolute atomic E-state index is 14.0. The summed E-state index contributed by atoms with van der Waals surface area (Å²) < 4.78 is 17.2. The summed E-state index contributed by atoms with van der Waals surface area (Å²) in [5, 5.41) is 24.2. The molecule has 0 radical (unpaired) electrons. The van der Waals surface area contributed by atoms with Gasteiger partial charge < -0.3 is 39.7 Å². The van der Waals surface area contributed by atoms with Gasteiger partial charge in [0, 0.05) is 54.8 Å². The summed E-state index contributed by atoms with van der Waals surface area (Å²) in [6.07, 6.45) is -1.02. The molecule has 0 spiro atoms. The molecule has 7 aromatic rings. The molecule has 10 rings (SSSR count). The minimum Gasteiger partial charge on any atom is -0.467 e. The smallest absolute Gasteiger partial charge is 0.343 e. The quantitative estimate of drug-likeness (QED) is 0.130. The van der Waals surface area contributed by atoms with Crippen molar-refractivity contribution in [1.82, 2.24) is 14.5 Å². The number of ether oxygens (including phenoxy) is 2. The summed E-state index contributed by atoms with van der Waals surface area (Å²) in [5.41, 5.74) is 1.88. The number of amides is 3. The van der Waals surface area contributed by atoms with Crippen molar-refractivity contribution < 1.29 is 33.8 Å². The maximum atomic E-state index is 14.0. The monoisotopic (exact) mass is 861 g/mol. The van der Waals surface area contributed by atoms with E-state index in [-0.39, 0.29) is 30.7 Å². The Morgan fingerprint density at radius 2 is 1.44 bits per heavy atom. The molecule has 55 heavy (non-hydrogen) atoms. The largest absolute Gasteiger partial charge is 0.467 e. The second kappa shape index (κ2) is 11.7. The number of esters is 1. The first-order chi connectivity index (χ1) is 26.4. The van der Waals surface area contributed by atoms with Crippen molar-refractivity contribution in [3.05, 3.63) is 116 Å². The SMILES string of the molecule is COC(=O)C1(O)CC2OC1(C)n1c3ccc(NC(=O)c4ccccc4Br)cc3c3c4c(c5c6cc(NC(=O)c7ccccc7Br)ccc6n2c5c31)C(=O)NC4. The van der Waals surface area contributed by atoms with Crippen LogP contribution in [0.3, 0.4) is 0 Å². The van der Waals surface area contributed by atoms with Crippen LogP contribution >= 0.6 is 31.9 Å². The van der Waals surface area contributed by atoms with Crippen molar-refractivity contribution in [2.75, 3.05) is 17.7 Å². The Balaban J connectivity index is 1.28. The predicted octanol–water partition coefficient (Wildman–Crippen LogP) is 7.68. The normalized spacial score (nSPS) is 21.0. The molecule has 14 heteroatoms. The number of halogens is 2. The van der Waals surface area contributed by atoms with Gasteiger partial charge in [-0.05, 0) is 105 Å². The number of nitrogens with zero attached hydrogens (tertiary/aromatic N) is 2. The highest BCUT2D eigenvalue weighted by Crippen LogP contribution is 2.58. The van der Waals surface area contributed by atoms with Gasteiger partial charge in [-0.2, -0.15) is 0 Å². The van der Waals surface area contributed by atoms with Crippen LogP contribution in [0.4, 0.5) is 11.4 Å². The molecule has 3 amide bonds. The Kier molecular flexibility index (Phi) is 7.25. The Bertz CT molecular complexity index is 2940. The van der Waals surface area contributed by atoms with E-state index in [0.717, 1.165) is 5.56 Å². The van der Waals surface area contributed by atoms with Crippen LogP contribution in [0.25, 0.3) is 43.6 Å². The fourth-order valence-corrected chi connectivity index (χ4v) is 9.77. The second-order valence-electron chi connectivity index (χ2n) is 14.1. The van der Waals surface area contributed by atoms with Gasteiger partial charge in [-0.15, -0.1) is 0 Å². The van der Waals surface area contributed by atoms with Gasteiger partial charge in [-0.25, -0.2) is 4.79 Å². The molecular formula is C41H29Br2N5O7. The van der Waals surface area contributed by atoms with Crippen LogP contribution in [0.5, 0.6) is 0 Å². The number of carbonyl (C=O) groups is 4. The fraction of sp³-hybridized carbons (Fsp3) is 0.171. The number of carbonyl (C=O) groups excluding carboxylic acids is 4. The van der Waals surface area contributed by atoms with Gasteiger partial charge in [-0.1, -0.05) is 24.3 Å². The molecule has 5 heterocycles. The summed E-state index contributed by atoms with van der Waals surface area (Å²) in [4.78, 5) is 54.5. The third kappa shape index (κ3) is 4.50. The molecule has 0 saturated carbocycles. The predicted molar refractivity (Wildman–Crippen MR) is 213 cm³/mol. The van der Waals surface area contributed by atoms with Crippen LogP contribution in [0.1, 0.15) is 56.2 Å². The van der Waals surface area contributed by atoms with Gasteiger partial charge in [0.1, 0.15) is 6.23 Å². The van der Waals surface area contributed by atoms with Crippen LogP contribution in [-0.4, -0.2) is 50.6 Å². The Hall–Kier alpha value is -5.54. The number of aliphatic hydroxyl groups is 1. The molecule has 2 aromatic heterocycles. The van der Waals surface area contributed by atoms with E-state index in [2.05, 4.69) is 47.8 Å². The number of nitrogens with one attached hydrogen (secondary N) is 3. The zero-order chi connectivity index (χ0) is 38.1. The third-order valence-corrected chi connectivity index (χ3v) is 12.7. The van der Waals surface area contributed by atoms with Gasteiger partial charge in [0.2, 0.25) is 5.60 Å². The van der Waals surface area contributed by atoms with E-state index in [4.69, 9.17) is 9.47 Å². The van der Waals surface area contributed by atoms with E-state index in [0.29, 0.717) is 80.6 Å². The minimum absolute atomic E-state index is 0.153. The average molecular weight is 864 g/mol. The van der Waals surface area contributed by atoms with Crippen LogP contribution < -0.4 is 16.0 Å². The molecule has 3 aliphatic rings. The molecule has 2 bridgehead atoms. The van der Waals surface area contributed by atoms with Crippen LogP contribution in [0.2, 0.25) is 0 Å². The lowest BCUT2D eigenvalue weighted by atomic mass is 9.88. The van der Waals surface area contributed by atoms with Crippen LogP contribution in [0, 0.1) is 0 Å². The van der Waals surface area contributed by atoms with Crippen molar-refractivity contribution in [1.29, 1.82) is 0 Å². The molecule has 1 fully saturated rings. The van der Waals surface area contributed by atoms with Gasteiger partial charge in [0.25, 0.3) is 17.7 Å². The van der Waals surface area contributed by atoms with Gasteiger partial charge >= 0.3 is 5.97 Å². The summed E-state index contributed by atoms with van der Waals surface area (Å²) in [6.45, 7) is 1.89. The van der Waals surface area contributed by atoms with Crippen molar-refractivity contribution >= 4 is 111 Å². The van der Waals surface area contributed by atoms with Gasteiger partial charge in [0.05, 0.1) is 45.9 Å². The molecule has 5 aromatic carbocycles. The lowest BCUT2D eigenvalue weighted by molar-refractivity contribution is -0.202. The average Bonchev–Trinajstić information content (AvgIpc) is 3.87. The van der Waals surface area contributed by atoms with E-state index in [9.17, 15) is 24.3 Å². The lowest BCUT2D eigenvalue weighted by Gasteiger charge is -2.37. The zero-order valence-corrected chi connectivity index (χ0v) is 32.3. The Morgan fingerprint density at radius 3 is 2.04 bits per heavy atom. The molecule has 3 unspecified atom stereocenters. The molecular weight excluding hydrogens is 834 g/mol. The first-order valence-corrected chi connectivity index (χ1v) is 19.0. The Labute approximate surface area is 328 Å². The molecule has 0 aliphatic carbocycles. The number of methoxy groups -OCH3 is 1. The summed E-state index contributed by atoms with van der Waals surface area (Å²) >= 11 is 6.93. The van der Waals surface area contributed by atoms with Crippen molar-refractivity contribution in [3.8, 4) is 0 Å². The Morgan fingerprint density at radius 1 is 0.855 bits per heavy atom. The molecule has 4 N–H and O–H groups in total. The van der Waals surface area contributed by atoms with E-state index in [1.54, 1.807) is 55.5 Å². The summed E-state index contributed by atoms with van der Waals surface area (Å²) in [5.74, 6) is -1.75. The number of aromatic nitrogens is 2. The van der Waals surface area contributed by atoms with E-state index in [1.807, 2.05) is 45.5 Å². The van der Waals surface area contributed by atoms with E-state index < -0.39 is 23.5 Å². The van der Waals surface area contributed by atoms with Crippen LogP contribution in [-0.2, 0) is 26.5 Å². The number of hydrogen-bond acceptors (Lipinski definition) is 7. The second-order valence-corrected chi connectivity index (χ2v) is 15.8. The molecule has 3 atom stereocenters. The number of fused-ring (bicyclic) bond motifs is 13. The first-order valence-electron chi connectivity index (χ1n) is 17.4. The van der Waals surface area contributed by atoms with E-state index >= 15 is 0 Å². The third-order valence-electron chi connectivity index (χ3n) is 11.3. The number of rotatable bonds is 5. The molecule has 1 saturated heterocycles. The highest BCUT2D eigenvalue weighted by atomic mass is 79.9. The minimum atomic E-state index is -2.14. The lowest BCUT2D eigenvalue weighted by Crippen LogP contribution is -2.56. The number of benzene rings is 5. The highest BCUT2D eigenvalue weighted by molar-refractivity contribution is 9.10. The highest BCUT2D eigenvalue weighted by Gasteiger charge is 2.66. The zero-order valence-electron chi connectivity index (χ0n) is 29.1. The summed E-state index contributed by atoms with van der Waals surface area (Å²) in [7, 11) is 1.23. The number of anilines is 2. The molecule has 3 aliphatic heterocycles. The van der Waals surface area contributed by atoms with Gasteiger partial charge in [-0.3, -0.25) is 14.4 Å². The van der Waals surface area contributed by atoms with Gasteiger partial charge in [0.15, 0.2) is 5.72 Å². The maximum Gasteiger partial charge on any atom is 0.343 e. The fourth-order valence-electron chi connectivity index (χ4n) is 8.84. The molecule has 12 nitrogen and oxygen atoms in total. The van der Waals surface area contributed by atoms with Crippen molar-refractivity contribution in [2.45, 2.75) is 37.4 Å². The summed E-state index contributed by atoms with van der Waals surface area (Å²) in [6, 6.07) is 25.1. The van der Waals surface area contributed by atoms with E-state index in [1.165, 1.54) is 7.11 Å². The molecule has 274 valence electrons. The standard InChI is InChI=1S/C41H29Br2N5O7/c1-40-41(53,39(52)54-2)17-30(55-40)47-28-13-11-19(45-36(49)21-7-3-5-9-26(21)42)15-23(28)32-33-25(18-44-38(33)51)31-24-16-20(12-14-29(24)48(40)35(31)34(32)47)46-37(50)22-8-4-6-10-27(22)43/h3-16,30,53H,17-18H2,1-2H3,(H,44,51)(H,45,49)(H,46,50). The number of hydrogen-bond donors (Lipinski definition) is 4. The van der Waals surface area contributed by atoms with Crippen molar-refractivity contribution in [2.24, 2.45) is 0 Å². The van der Waals surface area contributed by atoms with Crippen LogP contribution in [0.15, 0.2) is 93.9 Å².